The predicted octanol–water partition coefficient (Wildman–Crippen LogP) is 5.23. The maximum absolute atomic E-state index is 13.6. The predicted molar refractivity (Wildman–Crippen MR) is 130 cm³/mol. The fraction of sp³-hybridized carbons (Fsp3) is 0.360. The van der Waals surface area contributed by atoms with Gasteiger partial charge in [0.2, 0.25) is 0 Å². The Kier molecular flexibility index (Phi) is 5.93. The van der Waals surface area contributed by atoms with Crippen molar-refractivity contribution in [2.75, 3.05) is 32.0 Å². The van der Waals surface area contributed by atoms with Crippen molar-refractivity contribution >= 4 is 33.5 Å². The van der Waals surface area contributed by atoms with Gasteiger partial charge in [0.1, 0.15) is 16.5 Å². The number of piperazine rings is 1. The maximum Gasteiger partial charge on any atom is 0.158 e. The molecule has 0 spiro atoms. The first-order valence-corrected chi connectivity index (χ1v) is 12.1. The summed E-state index contributed by atoms with van der Waals surface area (Å²) in [6.07, 6.45) is 2.75. The molecule has 1 atom stereocenters. The van der Waals surface area contributed by atoms with Gasteiger partial charge in [0.15, 0.2) is 5.84 Å². The molecule has 1 aromatic heterocycles. The standard InChI is InChI=1S/C25H28FN5S/c1-3-22-29-23-24(27-20-9-4-5-10-21(20)28-25(23)32-22)31-14-13-30(2)19(16-31)12-11-17-7-6-8-18(26)15-17/h4-10,15,19,28H,3,11-14,16H2,1-2H3/t19-/m0/s1. The Morgan fingerprint density at radius 3 is 2.88 bits per heavy atom. The lowest BCUT2D eigenvalue weighted by molar-refractivity contribution is 0.134. The molecule has 2 aliphatic heterocycles. The molecule has 3 aromatic rings. The van der Waals surface area contributed by atoms with Crippen molar-refractivity contribution in [3.05, 3.63) is 70.6 Å². The van der Waals surface area contributed by atoms with E-state index in [9.17, 15) is 4.39 Å². The van der Waals surface area contributed by atoms with Crippen LogP contribution in [-0.2, 0) is 12.8 Å². The number of nitrogens with zero attached hydrogens (tertiary/aromatic N) is 4. The second-order valence-corrected chi connectivity index (χ2v) is 9.55. The van der Waals surface area contributed by atoms with Gasteiger partial charge >= 0.3 is 0 Å². The van der Waals surface area contributed by atoms with Crippen LogP contribution in [0.4, 0.5) is 20.8 Å². The molecule has 1 fully saturated rings. The van der Waals surface area contributed by atoms with Crippen LogP contribution in [0.3, 0.4) is 0 Å². The fourth-order valence-corrected chi connectivity index (χ4v) is 5.33. The normalized spacial score (nSPS) is 18.4. The number of amidine groups is 1. The van der Waals surface area contributed by atoms with E-state index in [2.05, 4.69) is 41.2 Å². The average Bonchev–Trinajstić information content (AvgIpc) is 3.14. The minimum Gasteiger partial charge on any atom is -0.352 e. The number of rotatable bonds is 4. The lowest BCUT2D eigenvalue weighted by Gasteiger charge is -2.40. The van der Waals surface area contributed by atoms with Crippen molar-refractivity contribution in [2.45, 2.75) is 32.2 Å². The maximum atomic E-state index is 13.6. The average molecular weight is 450 g/mol. The molecule has 0 aliphatic carbocycles. The Labute approximate surface area is 192 Å². The van der Waals surface area contributed by atoms with Gasteiger partial charge in [-0.3, -0.25) is 4.90 Å². The molecule has 166 valence electrons. The third kappa shape index (κ3) is 4.27. The summed E-state index contributed by atoms with van der Waals surface area (Å²) in [5, 5.41) is 5.75. The molecule has 0 radical (unpaired) electrons. The molecule has 2 aromatic carbocycles. The summed E-state index contributed by atoms with van der Waals surface area (Å²) in [6.45, 7) is 4.89. The first kappa shape index (κ1) is 21.1. The summed E-state index contributed by atoms with van der Waals surface area (Å²) in [7, 11) is 2.18. The van der Waals surface area contributed by atoms with Gasteiger partial charge in [-0.25, -0.2) is 14.4 Å². The zero-order valence-electron chi connectivity index (χ0n) is 18.5. The first-order chi connectivity index (χ1) is 15.6. The van der Waals surface area contributed by atoms with Crippen molar-refractivity contribution in [1.82, 2.24) is 14.8 Å². The Bertz CT molecular complexity index is 1140. The summed E-state index contributed by atoms with van der Waals surface area (Å²) >= 11 is 1.71. The number of para-hydroxylation sites is 2. The summed E-state index contributed by atoms with van der Waals surface area (Å²) in [5.41, 5.74) is 3.97. The molecular formula is C25H28FN5S. The van der Waals surface area contributed by atoms with Gasteiger partial charge in [-0.05, 0) is 56.1 Å². The third-order valence-electron chi connectivity index (χ3n) is 6.30. The molecule has 1 N–H and O–H groups in total. The monoisotopic (exact) mass is 449 g/mol. The summed E-state index contributed by atoms with van der Waals surface area (Å²) < 4.78 is 13.6. The number of halogens is 1. The van der Waals surface area contributed by atoms with Gasteiger partial charge in [-0.15, -0.1) is 11.3 Å². The highest BCUT2D eigenvalue weighted by molar-refractivity contribution is 7.16. The fourth-order valence-electron chi connectivity index (χ4n) is 4.41. The summed E-state index contributed by atoms with van der Waals surface area (Å²) in [5.74, 6) is 0.792. The van der Waals surface area contributed by atoms with Crippen molar-refractivity contribution in [3.8, 4) is 0 Å². The SMILES string of the molecule is CCc1nc2c(s1)Nc1ccccc1N=C2N1CCN(C)[C@@H](CCc2cccc(F)c2)C1. The van der Waals surface area contributed by atoms with E-state index in [-0.39, 0.29) is 5.82 Å². The number of thiazole rings is 1. The van der Waals surface area contributed by atoms with E-state index in [1.54, 1.807) is 23.5 Å². The molecular weight excluding hydrogens is 421 g/mol. The highest BCUT2D eigenvalue weighted by atomic mass is 32.1. The molecule has 0 saturated carbocycles. The number of likely N-dealkylation sites (N-methyl/N-ethyl adjacent to an activating group) is 1. The molecule has 7 heteroatoms. The van der Waals surface area contributed by atoms with Crippen LogP contribution in [0, 0.1) is 5.82 Å². The van der Waals surface area contributed by atoms with Gasteiger partial charge in [-0.2, -0.15) is 0 Å². The number of aromatic nitrogens is 1. The number of aliphatic imine (C=N–C) groups is 1. The van der Waals surface area contributed by atoms with Crippen LogP contribution in [-0.4, -0.2) is 53.3 Å². The van der Waals surface area contributed by atoms with Crippen LogP contribution in [0.15, 0.2) is 53.5 Å². The minimum atomic E-state index is -0.164. The van der Waals surface area contributed by atoms with Gasteiger partial charge < -0.3 is 10.2 Å². The van der Waals surface area contributed by atoms with Crippen molar-refractivity contribution in [2.24, 2.45) is 4.99 Å². The van der Waals surface area contributed by atoms with E-state index in [0.29, 0.717) is 6.04 Å². The van der Waals surface area contributed by atoms with Gasteiger partial charge in [-0.1, -0.05) is 31.2 Å². The molecule has 5 nitrogen and oxygen atoms in total. The number of hydrogen-bond acceptors (Lipinski definition) is 6. The van der Waals surface area contributed by atoms with Crippen LogP contribution in [0.2, 0.25) is 0 Å². The van der Waals surface area contributed by atoms with Crippen LogP contribution < -0.4 is 5.32 Å². The van der Waals surface area contributed by atoms with E-state index in [0.717, 1.165) is 77.4 Å². The Balaban J connectivity index is 1.42. The zero-order chi connectivity index (χ0) is 22.1. The molecule has 32 heavy (non-hydrogen) atoms. The Hall–Kier alpha value is -2.77. The van der Waals surface area contributed by atoms with Crippen LogP contribution in [0.25, 0.3) is 0 Å². The van der Waals surface area contributed by atoms with Crippen LogP contribution in [0.1, 0.15) is 29.6 Å². The molecule has 0 unspecified atom stereocenters. The first-order valence-electron chi connectivity index (χ1n) is 11.2. The molecule has 2 aliphatic rings. The third-order valence-corrected chi connectivity index (χ3v) is 7.41. The van der Waals surface area contributed by atoms with Gasteiger partial charge in [0.05, 0.1) is 16.4 Å². The van der Waals surface area contributed by atoms with Crippen molar-refractivity contribution in [3.63, 3.8) is 0 Å². The minimum absolute atomic E-state index is 0.164. The summed E-state index contributed by atoms with van der Waals surface area (Å²) in [6, 6.07) is 15.5. The Morgan fingerprint density at radius 2 is 2.03 bits per heavy atom. The van der Waals surface area contributed by atoms with Crippen molar-refractivity contribution in [1.29, 1.82) is 0 Å². The van der Waals surface area contributed by atoms with Gasteiger partial charge in [0.25, 0.3) is 0 Å². The number of nitrogens with one attached hydrogen (secondary N) is 1. The number of anilines is 2. The molecule has 3 heterocycles. The zero-order valence-corrected chi connectivity index (χ0v) is 19.3. The molecule has 0 amide bonds. The smallest absolute Gasteiger partial charge is 0.158 e. The number of aryl methyl sites for hydroxylation is 2. The Morgan fingerprint density at radius 1 is 1.16 bits per heavy atom. The largest absolute Gasteiger partial charge is 0.352 e. The van der Waals surface area contributed by atoms with Crippen molar-refractivity contribution < 1.29 is 4.39 Å². The van der Waals surface area contributed by atoms with E-state index in [1.807, 2.05) is 18.2 Å². The second-order valence-electron chi connectivity index (χ2n) is 8.47. The number of fused-ring (bicyclic) bond motifs is 2. The lowest BCUT2D eigenvalue weighted by atomic mass is 10.0. The van der Waals surface area contributed by atoms with Crippen LogP contribution in [0.5, 0.6) is 0 Å². The van der Waals surface area contributed by atoms with Gasteiger partial charge in [0, 0.05) is 25.7 Å². The number of benzene rings is 2. The quantitative estimate of drug-likeness (QED) is 0.592. The van der Waals surface area contributed by atoms with E-state index in [1.165, 1.54) is 6.07 Å². The molecule has 5 rings (SSSR count). The molecule has 1 saturated heterocycles. The van der Waals surface area contributed by atoms with Crippen LogP contribution >= 0.6 is 11.3 Å². The summed E-state index contributed by atoms with van der Waals surface area (Å²) in [4.78, 5) is 14.8. The van der Waals surface area contributed by atoms with E-state index < -0.39 is 0 Å². The van der Waals surface area contributed by atoms with E-state index in [4.69, 9.17) is 9.98 Å². The topological polar surface area (TPSA) is 43.8 Å². The second kappa shape index (κ2) is 9.00. The highest BCUT2D eigenvalue weighted by Gasteiger charge is 2.31. The van der Waals surface area contributed by atoms with E-state index >= 15 is 0 Å². The lowest BCUT2D eigenvalue weighted by Crippen LogP contribution is -2.53. The highest BCUT2D eigenvalue weighted by Crippen LogP contribution is 2.38. The number of hydrogen-bond donors (Lipinski definition) is 1. The molecule has 0 bridgehead atoms.